The van der Waals surface area contributed by atoms with E-state index in [1.165, 1.54) is 27.2 Å². The Morgan fingerprint density at radius 1 is 0.913 bits per heavy atom. The van der Waals surface area contributed by atoms with Crippen molar-refractivity contribution in [3.8, 4) is 0 Å². The van der Waals surface area contributed by atoms with E-state index in [-0.39, 0.29) is 35.3 Å². The van der Waals surface area contributed by atoms with Crippen molar-refractivity contribution in [2.75, 3.05) is 44.2 Å². The Labute approximate surface area is 263 Å². The zero-order valence-corrected chi connectivity index (χ0v) is 25.8. The number of carboxylic acids is 1. The summed E-state index contributed by atoms with van der Waals surface area (Å²) in [5.74, 6) is -3.49. The van der Waals surface area contributed by atoms with Gasteiger partial charge in [-0.25, -0.2) is 17.8 Å². The molecule has 0 aliphatic carbocycles. The van der Waals surface area contributed by atoms with Crippen LogP contribution in [0.2, 0.25) is 0 Å². The van der Waals surface area contributed by atoms with E-state index in [1.54, 1.807) is 12.1 Å². The molecule has 4 aromatic rings. The van der Waals surface area contributed by atoms with Gasteiger partial charge in [0, 0.05) is 50.9 Å². The Balaban J connectivity index is 0.000000537. The van der Waals surface area contributed by atoms with E-state index >= 15 is 0 Å². The minimum atomic E-state index is -5.08. The molecule has 2 saturated heterocycles. The maximum atomic E-state index is 14.0. The highest BCUT2D eigenvalue weighted by Gasteiger charge is 2.45. The normalized spacial score (nSPS) is 19.2. The number of carboxylic acid groups (broad SMARTS) is 1. The molecule has 3 aromatic carbocycles. The lowest BCUT2D eigenvalue weighted by atomic mass is 9.88. The molecule has 0 radical (unpaired) electrons. The highest BCUT2D eigenvalue weighted by Crippen LogP contribution is 2.38. The van der Waals surface area contributed by atoms with Gasteiger partial charge < -0.3 is 14.9 Å². The number of nitrogens with zero attached hydrogens (tertiary/aromatic N) is 5. The van der Waals surface area contributed by atoms with Crippen LogP contribution < -0.4 is 4.90 Å². The van der Waals surface area contributed by atoms with Crippen molar-refractivity contribution in [2.45, 2.75) is 30.8 Å². The lowest BCUT2D eigenvalue weighted by Crippen LogP contribution is -2.51. The monoisotopic (exact) mass is 659 g/mol. The summed E-state index contributed by atoms with van der Waals surface area (Å²) in [6, 6.07) is 21.0. The van der Waals surface area contributed by atoms with E-state index in [1.807, 2.05) is 35.2 Å². The Kier molecular flexibility index (Phi) is 9.35. The van der Waals surface area contributed by atoms with Crippen LogP contribution in [0.5, 0.6) is 0 Å². The fourth-order valence-electron chi connectivity index (χ4n) is 5.84. The molecule has 46 heavy (non-hydrogen) atoms. The highest BCUT2D eigenvalue weighted by atomic mass is 32.2. The summed E-state index contributed by atoms with van der Waals surface area (Å²) in [6.07, 6.45) is -5.08. The van der Waals surface area contributed by atoms with Gasteiger partial charge in [-0.3, -0.25) is 4.79 Å². The van der Waals surface area contributed by atoms with E-state index in [0.29, 0.717) is 18.6 Å². The summed E-state index contributed by atoms with van der Waals surface area (Å²) in [5.41, 5.74) is 5.18. The zero-order valence-electron chi connectivity index (χ0n) is 25.0. The molecule has 15 heteroatoms. The fraction of sp³-hybridized carbons (Fsp3) is 0.355. The van der Waals surface area contributed by atoms with Gasteiger partial charge >= 0.3 is 12.1 Å². The van der Waals surface area contributed by atoms with Crippen molar-refractivity contribution >= 4 is 38.6 Å². The first kappa shape index (κ1) is 32.9. The average Bonchev–Trinajstić information content (AvgIpc) is 3.71. The molecule has 6 rings (SSSR count). The SMILES string of the molecule is Cc1ccc(C)c(N2CCN(C(=O)[C@@H]3CN(S(=O)(=O)c4cccc5nonc45)C[C@H]3c3ccccc3)CC2)c1.O=C(O)C(F)(F)F. The quantitative estimate of drug-likeness (QED) is 0.334. The minimum Gasteiger partial charge on any atom is -0.475 e. The van der Waals surface area contributed by atoms with Crippen LogP contribution in [-0.2, 0) is 19.6 Å². The molecule has 3 heterocycles. The molecule has 2 fully saturated rings. The fourth-order valence-corrected chi connectivity index (χ4v) is 7.47. The van der Waals surface area contributed by atoms with Gasteiger partial charge in [-0.05, 0) is 59.1 Å². The van der Waals surface area contributed by atoms with Gasteiger partial charge in [-0.15, -0.1) is 0 Å². The topological polar surface area (TPSA) is 137 Å². The Bertz CT molecular complexity index is 1830. The number of carbonyl (C=O) groups is 2. The number of benzene rings is 3. The number of aryl methyl sites for hydroxylation is 2. The first-order valence-corrected chi connectivity index (χ1v) is 15.9. The number of aromatic nitrogens is 2. The van der Waals surface area contributed by atoms with Gasteiger partial charge in [0.2, 0.25) is 15.9 Å². The number of piperazine rings is 1. The van der Waals surface area contributed by atoms with E-state index in [9.17, 15) is 26.4 Å². The summed E-state index contributed by atoms with van der Waals surface area (Å²) in [4.78, 5) is 27.2. The number of sulfonamides is 1. The second kappa shape index (κ2) is 13.1. The first-order valence-electron chi connectivity index (χ1n) is 14.4. The Hall–Kier alpha value is -4.50. The summed E-state index contributed by atoms with van der Waals surface area (Å²) < 4.78 is 65.6. The third-order valence-electron chi connectivity index (χ3n) is 8.24. The number of anilines is 1. The molecule has 244 valence electrons. The molecule has 0 saturated carbocycles. The Morgan fingerprint density at radius 3 is 2.24 bits per heavy atom. The maximum absolute atomic E-state index is 14.0. The molecule has 2 atom stereocenters. The van der Waals surface area contributed by atoms with Gasteiger partial charge in [0.05, 0.1) is 5.92 Å². The van der Waals surface area contributed by atoms with Gasteiger partial charge in [-0.1, -0.05) is 48.5 Å². The van der Waals surface area contributed by atoms with Gasteiger partial charge in [0.1, 0.15) is 10.4 Å². The van der Waals surface area contributed by atoms with Crippen LogP contribution >= 0.6 is 0 Å². The van der Waals surface area contributed by atoms with Gasteiger partial charge in [-0.2, -0.15) is 17.5 Å². The van der Waals surface area contributed by atoms with Crippen LogP contribution in [0.3, 0.4) is 0 Å². The Morgan fingerprint density at radius 2 is 1.59 bits per heavy atom. The number of rotatable bonds is 5. The van der Waals surface area contributed by atoms with E-state index < -0.39 is 28.1 Å². The molecule has 1 N–H and O–H groups in total. The van der Waals surface area contributed by atoms with Crippen LogP contribution in [0, 0.1) is 19.8 Å². The molecule has 0 spiro atoms. The van der Waals surface area contributed by atoms with Crippen molar-refractivity contribution < 1.29 is 40.9 Å². The smallest absolute Gasteiger partial charge is 0.475 e. The standard InChI is InChI=1S/C29H31N5O4S.C2HF3O2/c1-20-11-12-21(2)26(17-20)32-13-15-33(16-14-32)29(35)24-19-34(18-23(24)22-7-4-3-5-8-22)39(36,37)27-10-6-9-25-28(27)31-38-30-25;3-2(4,5)1(6)7/h3-12,17,23-24H,13-16,18-19H2,1-2H3;(H,6,7)/t23-,24+;/m0./s1. The molecule has 1 aromatic heterocycles. The molecule has 0 unspecified atom stereocenters. The molecule has 11 nitrogen and oxygen atoms in total. The highest BCUT2D eigenvalue weighted by molar-refractivity contribution is 7.89. The van der Waals surface area contributed by atoms with Crippen LogP contribution in [0.4, 0.5) is 18.9 Å². The number of alkyl halides is 3. The van der Waals surface area contributed by atoms with Crippen LogP contribution in [0.15, 0.2) is 76.3 Å². The number of amides is 1. The van der Waals surface area contributed by atoms with E-state index in [2.05, 4.69) is 47.3 Å². The van der Waals surface area contributed by atoms with Crippen molar-refractivity contribution in [3.63, 3.8) is 0 Å². The molecular formula is C31H32F3N5O6S. The zero-order chi connectivity index (χ0) is 33.2. The minimum absolute atomic E-state index is 0.00322. The predicted octanol–water partition coefficient (Wildman–Crippen LogP) is 4.23. The second-order valence-electron chi connectivity index (χ2n) is 11.2. The number of halogens is 3. The molecule has 0 bridgehead atoms. The van der Waals surface area contributed by atoms with Crippen molar-refractivity contribution in [1.82, 2.24) is 19.5 Å². The lowest BCUT2D eigenvalue weighted by Gasteiger charge is -2.38. The molecule has 2 aliphatic heterocycles. The van der Waals surface area contributed by atoms with E-state index in [4.69, 9.17) is 14.5 Å². The number of carbonyl (C=O) groups excluding carboxylic acids is 1. The molecular weight excluding hydrogens is 627 g/mol. The summed E-state index contributed by atoms with van der Waals surface area (Å²) in [5, 5.41) is 14.7. The third kappa shape index (κ3) is 6.84. The largest absolute Gasteiger partial charge is 0.490 e. The number of fused-ring (bicyclic) bond motifs is 1. The number of hydrogen-bond acceptors (Lipinski definition) is 8. The lowest BCUT2D eigenvalue weighted by molar-refractivity contribution is -0.192. The number of aliphatic carboxylic acids is 1. The third-order valence-corrected chi connectivity index (χ3v) is 10.1. The van der Waals surface area contributed by atoms with Crippen molar-refractivity contribution in [1.29, 1.82) is 0 Å². The van der Waals surface area contributed by atoms with Crippen LogP contribution in [0.25, 0.3) is 11.0 Å². The second-order valence-corrected chi connectivity index (χ2v) is 13.1. The van der Waals surface area contributed by atoms with Crippen molar-refractivity contribution in [3.05, 3.63) is 83.4 Å². The van der Waals surface area contributed by atoms with Gasteiger partial charge in [0.15, 0.2) is 5.52 Å². The first-order chi connectivity index (χ1) is 21.8. The molecule has 2 aliphatic rings. The summed E-state index contributed by atoms with van der Waals surface area (Å²) >= 11 is 0. The average molecular weight is 660 g/mol. The van der Waals surface area contributed by atoms with Crippen LogP contribution in [0.1, 0.15) is 22.6 Å². The maximum Gasteiger partial charge on any atom is 0.490 e. The van der Waals surface area contributed by atoms with Crippen molar-refractivity contribution in [2.24, 2.45) is 5.92 Å². The number of hydrogen-bond donors (Lipinski definition) is 1. The van der Waals surface area contributed by atoms with E-state index in [0.717, 1.165) is 18.7 Å². The molecule has 1 amide bonds. The van der Waals surface area contributed by atoms with Crippen LogP contribution in [-0.4, -0.2) is 90.4 Å². The predicted molar refractivity (Wildman–Crippen MR) is 162 cm³/mol. The van der Waals surface area contributed by atoms with Gasteiger partial charge in [0.25, 0.3) is 0 Å². The summed E-state index contributed by atoms with van der Waals surface area (Å²) in [7, 11) is -3.94. The summed E-state index contributed by atoms with van der Waals surface area (Å²) in [6.45, 7) is 7.20.